The van der Waals surface area contributed by atoms with E-state index < -0.39 is 0 Å². The van der Waals surface area contributed by atoms with E-state index in [2.05, 4.69) is 208 Å². The second kappa shape index (κ2) is 16.4. The van der Waals surface area contributed by atoms with Gasteiger partial charge in [0.15, 0.2) is 0 Å². The molecule has 0 saturated heterocycles. The van der Waals surface area contributed by atoms with Crippen LogP contribution in [0.3, 0.4) is 0 Å². The third-order valence-corrected chi connectivity index (χ3v) is 9.86. The van der Waals surface area contributed by atoms with Gasteiger partial charge in [0.2, 0.25) is 0 Å². The first-order valence-electron chi connectivity index (χ1n) is 18.7. The molecule has 1 heteroatoms. The fraction of sp³-hybridized carbons (Fsp3) is 0.137. The Morgan fingerprint density at radius 1 is 0.404 bits per heavy atom. The molecule has 0 unspecified atom stereocenters. The van der Waals surface area contributed by atoms with E-state index in [1.54, 1.807) is 0 Å². The highest BCUT2D eigenvalue weighted by Crippen LogP contribution is 2.39. The summed E-state index contributed by atoms with van der Waals surface area (Å²) in [4.78, 5) is 2.36. The molecule has 0 heterocycles. The van der Waals surface area contributed by atoms with Gasteiger partial charge in [0.25, 0.3) is 0 Å². The number of anilines is 3. The van der Waals surface area contributed by atoms with Crippen molar-refractivity contribution in [2.45, 2.75) is 46.5 Å². The molecule has 0 radical (unpaired) electrons. The van der Waals surface area contributed by atoms with Gasteiger partial charge in [-0.15, -0.1) is 0 Å². The van der Waals surface area contributed by atoms with Crippen molar-refractivity contribution in [2.75, 3.05) is 4.90 Å². The Hall–Kier alpha value is -5.92. The molecule has 0 amide bonds. The maximum absolute atomic E-state index is 2.41. The van der Waals surface area contributed by atoms with Crippen molar-refractivity contribution >= 4 is 29.2 Å². The molecule has 7 aromatic carbocycles. The van der Waals surface area contributed by atoms with E-state index in [9.17, 15) is 0 Å². The van der Waals surface area contributed by atoms with Crippen LogP contribution in [0.5, 0.6) is 0 Å². The lowest BCUT2D eigenvalue weighted by Gasteiger charge is -2.27. The number of hydrogen-bond donors (Lipinski definition) is 0. The molecule has 0 bridgehead atoms. The Morgan fingerprint density at radius 3 is 1.50 bits per heavy atom. The van der Waals surface area contributed by atoms with Gasteiger partial charge in [-0.25, -0.2) is 0 Å². The predicted octanol–water partition coefficient (Wildman–Crippen LogP) is 14.5. The van der Waals surface area contributed by atoms with E-state index in [-0.39, 0.29) is 0 Å². The summed E-state index contributed by atoms with van der Waals surface area (Å²) >= 11 is 0. The van der Waals surface area contributed by atoms with Crippen LogP contribution in [0.1, 0.15) is 54.5 Å². The molecular weight excluding hydrogens is 627 g/mol. The minimum absolute atomic E-state index is 1.03. The summed E-state index contributed by atoms with van der Waals surface area (Å²) in [6, 6.07) is 61.7. The summed E-state index contributed by atoms with van der Waals surface area (Å²) < 4.78 is 0. The van der Waals surface area contributed by atoms with E-state index in [1.807, 2.05) is 0 Å². The maximum atomic E-state index is 2.41. The van der Waals surface area contributed by atoms with Gasteiger partial charge in [-0.2, -0.15) is 0 Å². The molecule has 52 heavy (non-hydrogen) atoms. The summed E-state index contributed by atoms with van der Waals surface area (Å²) in [6.45, 7) is 6.76. The smallest absolute Gasteiger partial charge is 0.0464 e. The summed E-state index contributed by atoms with van der Waals surface area (Å²) in [5, 5.41) is 0. The SMILES string of the molecule is CCCc1cc(C=Cc2ccc(-c3ccc(-c4ccccc4)cc3C)cc2)ccc1-c1ccc(N(c2ccccc2)c2ccccc2)cc1CCC. The number of rotatable bonds is 12. The molecular formula is C51H47N. The van der Waals surface area contributed by atoms with Crippen LogP contribution in [-0.2, 0) is 12.8 Å². The molecule has 256 valence electrons. The van der Waals surface area contributed by atoms with Crippen molar-refractivity contribution < 1.29 is 0 Å². The molecule has 0 aliphatic carbocycles. The summed E-state index contributed by atoms with van der Waals surface area (Å²) in [5.74, 6) is 0. The second-order valence-corrected chi connectivity index (χ2v) is 13.6. The highest BCUT2D eigenvalue weighted by molar-refractivity contribution is 5.82. The Kier molecular flexibility index (Phi) is 10.9. The highest BCUT2D eigenvalue weighted by Gasteiger charge is 2.16. The van der Waals surface area contributed by atoms with Crippen LogP contribution < -0.4 is 4.90 Å². The average Bonchev–Trinajstić information content (AvgIpc) is 3.19. The van der Waals surface area contributed by atoms with E-state index in [0.29, 0.717) is 0 Å². The van der Waals surface area contributed by atoms with E-state index in [1.165, 1.54) is 66.9 Å². The normalized spacial score (nSPS) is 11.2. The topological polar surface area (TPSA) is 3.24 Å². The molecule has 7 rings (SSSR count). The zero-order valence-electron chi connectivity index (χ0n) is 30.6. The van der Waals surface area contributed by atoms with Gasteiger partial charge < -0.3 is 4.90 Å². The molecule has 0 aromatic heterocycles. The Morgan fingerprint density at radius 2 is 0.904 bits per heavy atom. The van der Waals surface area contributed by atoms with Gasteiger partial charge in [0.1, 0.15) is 0 Å². The predicted molar refractivity (Wildman–Crippen MR) is 226 cm³/mol. The zero-order chi connectivity index (χ0) is 35.7. The average molecular weight is 674 g/mol. The van der Waals surface area contributed by atoms with Crippen LogP contribution in [-0.4, -0.2) is 0 Å². The summed E-state index contributed by atoms with van der Waals surface area (Å²) in [5.41, 5.74) is 17.7. The van der Waals surface area contributed by atoms with Crippen LogP contribution in [0.15, 0.2) is 170 Å². The van der Waals surface area contributed by atoms with Crippen LogP contribution in [0.25, 0.3) is 45.5 Å². The van der Waals surface area contributed by atoms with Crippen molar-refractivity contribution in [1.82, 2.24) is 0 Å². The van der Waals surface area contributed by atoms with Gasteiger partial charge >= 0.3 is 0 Å². The van der Waals surface area contributed by atoms with Crippen molar-refractivity contribution in [3.8, 4) is 33.4 Å². The van der Waals surface area contributed by atoms with Crippen LogP contribution in [0.2, 0.25) is 0 Å². The molecule has 0 atom stereocenters. The van der Waals surface area contributed by atoms with Crippen molar-refractivity contribution in [1.29, 1.82) is 0 Å². The Balaban J connectivity index is 1.14. The van der Waals surface area contributed by atoms with E-state index in [0.717, 1.165) is 37.1 Å². The maximum Gasteiger partial charge on any atom is 0.0464 e. The van der Waals surface area contributed by atoms with Crippen LogP contribution >= 0.6 is 0 Å². The molecule has 0 fully saturated rings. The van der Waals surface area contributed by atoms with Gasteiger partial charge in [0.05, 0.1) is 0 Å². The number of benzene rings is 7. The first kappa shape index (κ1) is 34.5. The van der Waals surface area contributed by atoms with Gasteiger partial charge in [-0.05, 0) is 117 Å². The molecule has 0 N–H and O–H groups in total. The minimum Gasteiger partial charge on any atom is -0.310 e. The Labute approximate surface area is 310 Å². The third kappa shape index (κ3) is 7.85. The van der Waals surface area contributed by atoms with Crippen LogP contribution in [0, 0.1) is 6.92 Å². The first-order valence-corrected chi connectivity index (χ1v) is 18.7. The van der Waals surface area contributed by atoms with E-state index >= 15 is 0 Å². The highest BCUT2D eigenvalue weighted by atomic mass is 15.1. The number of hydrogen-bond acceptors (Lipinski definition) is 1. The standard InChI is InChI=1S/C51H47N/c1-4-15-44-36-40(24-23-39-25-28-42(29-26-39)49-33-30-43(35-38(49)3)41-17-9-6-10-18-41)27-32-50(44)51-34-31-48(37-45(51)16-5-2)52(46-19-11-7-12-20-46)47-21-13-8-14-22-47/h6-14,17-37H,4-5,15-16H2,1-3H3. The van der Waals surface area contributed by atoms with Gasteiger partial charge in [-0.3, -0.25) is 0 Å². The summed E-state index contributed by atoms with van der Waals surface area (Å²) in [7, 11) is 0. The largest absolute Gasteiger partial charge is 0.310 e. The quantitative estimate of drug-likeness (QED) is 0.117. The van der Waals surface area contributed by atoms with Gasteiger partial charge in [-0.1, -0.05) is 172 Å². The monoisotopic (exact) mass is 673 g/mol. The van der Waals surface area contributed by atoms with Crippen molar-refractivity contribution in [2.24, 2.45) is 0 Å². The summed E-state index contributed by atoms with van der Waals surface area (Å²) in [6.07, 6.45) is 8.76. The number of aryl methyl sites for hydroxylation is 3. The minimum atomic E-state index is 1.03. The van der Waals surface area contributed by atoms with Crippen molar-refractivity contribution in [3.63, 3.8) is 0 Å². The molecule has 0 spiro atoms. The fourth-order valence-electron chi connectivity index (χ4n) is 7.28. The molecule has 0 saturated carbocycles. The zero-order valence-corrected chi connectivity index (χ0v) is 30.6. The molecule has 0 aliphatic heterocycles. The molecule has 7 aromatic rings. The third-order valence-electron chi connectivity index (χ3n) is 9.86. The first-order chi connectivity index (χ1) is 25.6. The lowest BCUT2D eigenvalue weighted by Crippen LogP contribution is -2.10. The lowest BCUT2D eigenvalue weighted by atomic mass is 9.90. The van der Waals surface area contributed by atoms with E-state index in [4.69, 9.17) is 0 Å². The Bertz CT molecular complexity index is 2210. The number of nitrogens with zero attached hydrogens (tertiary/aromatic N) is 1. The van der Waals surface area contributed by atoms with Gasteiger partial charge in [0, 0.05) is 17.1 Å². The molecule has 1 nitrogen and oxygen atoms in total. The molecule has 0 aliphatic rings. The van der Waals surface area contributed by atoms with Crippen LogP contribution in [0.4, 0.5) is 17.1 Å². The number of para-hydroxylation sites is 2. The second-order valence-electron chi connectivity index (χ2n) is 13.6. The lowest BCUT2D eigenvalue weighted by molar-refractivity contribution is 0.913. The van der Waals surface area contributed by atoms with Crippen molar-refractivity contribution in [3.05, 3.63) is 198 Å². The fourth-order valence-corrected chi connectivity index (χ4v) is 7.28.